The monoisotopic (exact) mass is 396 g/mol. The highest BCUT2D eigenvalue weighted by atomic mass is 32.2. The van der Waals surface area contributed by atoms with Gasteiger partial charge in [0.2, 0.25) is 15.9 Å². The first-order valence-electron chi connectivity index (χ1n) is 9.94. The fraction of sp³-hybridized carbons (Fsp3) is 0.650. The molecule has 2 aliphatic rings. The first-order chi connectivity index (χ1) is 12.9. The minimum Gasteiger partial charge on any atom is -0.356 e. The van der Waals surface area contributed by atoms with Gasteiger partial charge < -0.3 is 5.32 Å². The van der Waals surface area contributed by atoms with E-state index in [1.807, 2.05) is 0 Å². The maximum absolute atomic E-state index is 13.0. The highest BCUT2D eigenvalue weighted by molar-refractivity contribution is 7.88. The van der Waals surface area contributed by atoms with Crippen LogP contribution in [-0.4, -0.2) is 38.3 Å². The molecule has 1 aliphatic carbocycles. The number of piperidine rings is 1. The number of benzene rings is 1. The van der Waals surface area contributed by atoms with Crippen molar-refractivity contribution in [2.75, 3.05) is 19.6 Å². The zero-order chi connectivity index (χ0) is 19.3. The van der Waals surface area contributed by atoms with Crippen LogP contribution in [0.2, 0.25) is 0 Å². The number of rotatable bonds is 6. The van der Waals surface area contributed by atoms with Crippen LogP contribution in [0.15, 0.2) is 24.3 Å². The van der Waals surface area contributed by atoms with E-state index in [0.29, 0.717) is 37.4 Å². The van der Waals surface area contributed by atoms with Crippen molar-refractivity contribution in [3.05, 3.63) is 35.6 Å². The summed E-state index contributed by atoms with van der Waals surface area (Å²) in [5, 5.41) is 3.08. The summed E-state index contributed by atoms with van der Waals surface area (Å²) in [7, 11) is -3.45. The van der Waals surface area contributed by atoms with Crippen molar-refractivity contribution >= 4 is 15.9 Å². The van der Waals surface area contributed by atoms with Crippen LogP contribution in [0, 0.1) is 17.7 Å². The molecule has 0 spiro atoms. The van der Waals surface area contributed by atoms with Crippen LogP contribution in [-0.2, 0) is 20.6 Å². The topological polar surface area (TPSA) is 66.5 Å². The molecule has 7 heteroatoms. The second-order valence-corrected chi connectivity index (χ2v) is 9.77. The van der Waals surface area contributed by atoms with E-state index in [9.17, 15) is 17.6 Å². The van der Waals surface area contributed by atoms with Gasteiger partial charge in [0.15, 0.2) is 0 Å². The summed E-state index contributed by atoms with van der Waals surface area (Å²) in [6.45, 7) is 1.48. The Kier molecular flexibility index (Phi) is 6.87. The van der Waals surface area contributed by atoms with Gasteiger partial charge in [0.25, 0.3) is 0 Å². The lowest BCUT2D eigenvalue weighted by atomic mass is 9.89. The van der Waals surface area contributed by atoms with Crippen molar-refractivity contribution in [2.24, 2.45) is 11.8 Å². The molecule has 150 valence electrons. The van der Waals surface area contributed by atoms with Crippen LogP contribution in [0.5, 0.6) is 0 Å². The summed E-state index contributed by atoms with van der Waals surface area (Å²) >= 11 is 0. The molecule has 0 atom stereocenters. The number of carbonyl (C=O) groups is 1. The second kappa shape index (κ2) is 9.15. The van der Waals surface area contributed by atoms with Crippen LogP contribution in [0.1, 0.15) is 50.5 Å². The van der Waals surface area contributed by atoms with Gasteiger partial charge in [0.05, 0.1) is 5.75 Å². The lowest BCUT2D eigenvalue weighted by Crippen LogP contribution is -2.44. The third-order valence-corrected chi connectivity index (χ3v) is 7.62. The van der Waals surface area contributed by atoms with Crippen LogP contribution >= 0.6 is 0 Å². The molecular weight excluding hydrogens is 367 g/mol. The maximum atomic E-state index is 13.0. The molecule has 5 nitrogen and oxygen atoms in total. The molecule has 2 fully saturated rings. The third kappa shape index (κ3) is 5.75. The lowest BCUT2D eigenvalue weighted by Gasteiger charge is -2.31. The van der Waals surface area contributed by atoms with Gasteiger partial charge in [-0.3, -0.25) is 4.79 Å². The molecule has 1 aromatic carbocycles. The number of hydrogen-bond donors (Lipinski definition) is 1. The van der Waals surface area contributed by atoms with Gasteiger partial charge in [-0.25, -0.2) is 17.1 Å². The van der Waals surface area contributed by atoms with E-state index in [2.05, 4.69) is 5.32 Å². The number of hydrogen-bond acceptors (Lipinski definition) is 3. The Bertz CT molecular complexity index is 722. The van der Waals surface area contributed by atoms with Gasteiger partial charge in [-0.15, -0.1) is 0 Å². The largest absolute Gasteiger partial charge is 0.356 e. The van der Waals surface area contributed by atoms with E-state index in [-0.39, 0.29) is 23.4 Å². The van der Waals surface area contributed by atoms with Gasteiger partial charge in [-0.1, -0.05) is 31.4 Å². The first kappa shape index (κ1) is 20.3. The highest BCUT2D eigenvalue weighted by Crippen LogP contribution is 2.24. The average Bonchev–Trinajstić information content (AvgIpc) is 2.69. The molecule has 0 radical (unpaired) electrons. The van der Waals surface area contributed by atoms with Crippen LogP contribution in [0.25, 0.3) is 0 Å². The fourth-order valence-electron chi connectivity index (χ4n) is 4.06. The van der Waals surface area contributed by atoms with E-state index in [0.717, 1.165) is 6.54 Å². The smallest absolute Gasteiger partial charge is 0.223 e. The van der Waals surface area contributed by atoms with Crippen LogP contribution in [0.3, 0.4) is 0 Å². The van der Waals surface area contributed by atoms with E-state index >= 15 is 0 Å². The SMILES string of the molecule is O=C(NCC1CCCCC1)C1CCN(S(=O)(=O)Cc2ccc(F)cc2)CC1. The normalized spacial score (nSPS) is 20.5. The molecule has 0 bridgehead atoms. The molecule has 1 aliphatic heterocycles. The van der Waals surface area contributed by atoms with Crippen molar-refractivity contribution in [3.63, 3.8) is 0 Å². The number of sulfonamides is 1. The maximum Gasteiger partial charge on any atom is 0.223 e. The average molecular weight is 397 g/mol. The molecule has 1 amide bonds. The Hall–Kier alpha value is -1.47. The zero-order valence-corrected chi connectivity index (χ0v) is 16.5. The number of halogens is 1. The fourth-order valence-corrected chi connectivity index (χ4v) is 5.62. The first-order valence-corrected chi connectivity index (χ1v) is 11.5. The Morgan fingerprint density at radius 3 is 2.30 bits per heavy atom. The van der Waals surface area contributed by atoms with E-state index < -0.39 is 10.0 Å². The Labute approximate surface area is 161 Å². The minimum atomic E-state index is -3.45. The molecule has 1 N–H and O–H groups in total. The van der Waals surface area contributed by atoms with Gasteiger partial charge >= 0.3 is 0 Å². The summed E-state index contributed by atoms with van der Waals surface area (Å²) in [6, 6.07) is 5.54. The van der Waals surface area contributed by atoms with E-state index in [1.165, 1.54) is 60.7 Å². The Morgan fingerprint density at radius 2 is 1.67 bits per heavy atom. The summed E-state index contributed by atoms with van der Waals surface area (Å²) in [5.41, 5.74) is 0.573. The summed E-state index contributed by atoms with van der Waals surface area (Å²) < 4.78 is 39.6. The van der Waals surface area contributed by atoms with E-state index in [4.69, 9.17) is 0 Å². The quantitative estimate of drug-likeness (QED) is 0.804. The van der Waals surface area contributed by atoms with Crippen molar-refractivity contribution in [1.29, 1.82) is 0 Å². The predicted octanol–water partition coefficient (Wildman–Crippen LogP) is 3.06. The summed E-state index contributed by atoms with van der Waals surface area (Å²) in [5.74, 6) is 0.0448. The van der Waals surface area contributed by atoms with Crippen LogP contribution < -0.4 is 5.32 Å². The van der Waals surface area contributed by atoms with Crippen molar-refractivity contribution < 1.29 is 17.6 Å². The minimum absolute atomic E-state index is 0.0659. The molecule has 1 saturated carbocycles. The number of nitrogens with one attached hydrogen (secondary N) is 1. The molecule has 1 aromatic rings. The van der Waals surface area contributed by atoms with Crippen molar-refractivity contribution in [2.45, 2.75) is 50.7 Å². The molecule has 1 saturated heterocycles. The zero-order valence-electron chi connectivity index (χ0n) is 15.7. The highest BCUT2D eigenvalue weighted by Gasteiger charge is 2.31. The molecule has 1 heterocycles. The van der Waals surface area contributed by atoms with Gasteiger partial charge in [0.1, 0.15) is 5.82 Å². The number of nitrogens with zero attached hydrogens (tertiary/aromatic N) is 1. The van der Waals surface area contributed by atoms with Gasteiger partial charge in [-0.2, -0.15) is 0 Å². The number of amides is 1. The van der Waals surface area contributed by atoms with Crippen molar-refractivity contribution in [3.8, 4) is 0 Å². The van der Waals surface area contributed by atoms with Crippen molar-refractivity contribution in [1.82, 2.24) is 9.62 Å². The second-order valence-electron chi connectivity index (χ2n) is 7.81. The lowest BCUT2D eigenvalue weighted by molar-refractivity contribution is -0.126. The summed E-state index contributed by atoms with van der Waals surface area (Å²) in [4.78, 5) is 12.4. The third-order valence-electron chi connectivity index (χ3n) is 5.77. The molecule has 0 aromatic heterocycles. The van der Waals surface area contributed by atoms with Gasteiger partial charge in [0, 0.05) is 25.6 Å². The standard InChI is InChI=1S/C20H29FN2O3S/c21-19-8-6-17(7-9-19)15-27(25,26)23-12-10-18(11-13-23)20(24)22-14-16-4-2-1-3-5-16/h6-9,16,18H,1-5,10-15H2,(H,22,24). The van der Waals surface area contributed by atoms with Gasteiger partial charge in [-0.05, 0) is 49.3 Å². The summed E-state index contributed by atoms with van der Waals surface area (Å²) in [6.07, 6.45) is 7.31. The number of carbonyl (C=O) groups excluding carboxylic acids is 1. The molecule has 27 heavy (non-hydrogen) atoms. The predicted molar refractivity (Wildman–Crippen MR) is 103 cm³/mol. The molecule has 0 unspecified atom stereocenters. The van der Waals surface area contributed by atoms with Crippen LogP contribution in [0.4, 0.5) is 4.39 Å². The van der Waals surface area contributed by atoms with E-state index in [1.54, 1.807) is 0 Å². The Morgan fingerprint density at radius 1 is 1.04 bits per heavy atom. The molecular formula is C20H29FN2O3S. The molecule has 3 rings (SSSR count). The Balaban J connectivity index is 1.45.